The lowest BCUT2D eigenvalue weighted by molar-refractivity contribution is -0.116. The van der Waals surface area contributed by atoms with E-state index in [9.17, 15) is 9.59 Å². The Morgan fingerprint density at radius 3 is 2.38 bits per heavy atom. The highest BCUT2D eigenvalue weighted by Gasteiger charge is 2.20. The normalized spacial score (nSPS) is 14.9. The lowest BCUT2D eigenvalue weighted by Crippen LogP contribution is -2.46. The summed E-state index contributed by atoms with van der Waals surface area (Å²) in [5.74, 6) is 0.390. The van der Waals surface area contributed by atoms with Crippen LogP contribution in [0.3, 0.4) is 0 Å². The number of nitrogens with one attached hydrogen (secondary N) is 1. The number of hydrogen-bond donors (Lipinski definition) is 1. The number of hydrogen-bond acceptors (Lipinski definition) is 5. The first kappa shape index (κ1) is 19.4. The minimum Gasteiger partial charge on any atom is -0.352 e. The average molecular weight is 412 g/mol. The fourth-order valence-electron chi connectivity index (χ4n) is 3.45. The molecule has 29 heavy (non-hydrogen) atoms. The van der Waals surface area contributed by atoms with Gasteiger partial charge in [-0.05, 0) is 30.8 Å². The van der Waals surface area contributed by atoms with Crippen molar-refractivity contribution in [3.8, 4) is 0 Å². The Kier molecular flexibility index (Phi) is 5.51. The number of fused-ring (bicyclic) bond motifs is 1. The minimum absolute atomic E-state index is 0.127. The highest BCUT2D eigenvalue weighted by Crippen LogP contribution is 2.22. The van der Waals surface area contributed by atoms with Crippen LogP contribution in [0.2, 0.25) is 5.02 Å². The first-order chi connectivity index (χ1) is 14.0. The monoisotopic (exact) mass is 411 g/mol. The van der Waals surface area contributed by atoms with E-state index in [4.69, 9.17) is 11.6 Å². The van der Waals surface area contributed by atoms with Gasteiger partial charge in [0.2, 0.25) is 5.91 Å². The van der Waals surface area contributed by atoms with Gasteiger partial charge in [0, 0.05) is 36.6 Å². The summed E-state index contributed by atoms with van der Waals surface area (Å²) < 4.78 is 0. The summed E-state index contributed by atoms with van der Waals surface area (Å²) in [6, 6.07) is 14.4. The van der Waals surface area contributed by atoms with Crippen molar-refractivity contribution in [2.75, 3.05) is 43.6 Å². The molecule has 2 aromatic carbocycles. The zero-order valence-corrected chi connectivity index (χ0v) is 16.9. The molecular weight excluding hydrogens is 390 g/mol. The number of carbonyl (C=O) groups is 1. The van der Waals surface area contributed by atoms with E-state index in [0.717, 1.165) is 41.9 Å². The molecule has 8 heteroatoms. The number of carbonyl (C=O) groups excluding carboxylic acids is 1. The molecule has 150 valence electrons. The summed E-state index contributed by atoms with van der Waals surface area (Å²) in [6.07, 6.45) is 0.127. The maximum absolute atomic E-state index is 12.9. The summed E-state index contributed by atoms with van der Waals surface area (Å²) in [7, 11) is 2.08. The zero-order chi connectivity index (χ0) is 20.4. The van der Waals surface area contributed by atoms with Crippen LogP contribution in [-0.4, -0.2) is 53.9 Å². The molecule has 0 saturated carbocycles. The van der Waals surface area contributed by atoms with E-state index < -0.39 is 0 Å². The first-order valence-corrected chi connectivity index (χ1v) is 9.89. The maximum Gasteiger partial charge on any atom is 0.294 e. The minimum atomic E-state index is -0.345. The van der Waals surface area contributed by atoms with Gasteiger partial charge in [-0.25, -0.2) is 5.43 Å². The van der Waals surface area contributed by atoms with Crippen LogP contribution in [0.4, 0.5) is 5.82 Å². The Morgan fingerprint density at radius 2 is 1.69 bits per heavy atom. The van der Waals surface area contributed by atoms with Gasteiger partial charge in [-0.2, -0.15) is 0 Å². The predicted molar refractivity (Wildman–Crippen MR) is 115 cm³/mol. The first-order valence-electron chi connectivity index (χ1n) is 9.51. The van der Waals surface area contributed by atoms with E-state index in [1.165, 1.54) is 0 Å². The van der Waals surface area contributed by atoms with Crippen molar-refractivity contribution < 1.29 is 4.79 Å². The number of amides is 1. The summed E-state index contributed by atoms with van der Waals surface area (Å²) in [5.41, 5.74) is 3.10. The van der Waals surface area contributed by atoms with E-state index in [2.05, 4.69) is 27.4 Å². The van der Waals surface area contributed by atoms with E-state index in [1.807, 2.05) is 18.2 Å². The number of piperazine rings is 1. The number of benzene rings is 2. The van der Waals surface area contributed by atoms with Gasteiger partial charge in [-0.3, -0.25) is 9.59 Å². The Hall–Kier alpha value is -2.90. The van der Waals surface area contributed by atoms with E-state index in [-0.39, 0.29) is 17.9 Å². The quantitative estimate of drug-likeness (QED) is 0.712. The van der Waals surface area contributed by atoms with Crippen molar-refractivity contribution in [1.29, 1.82) is 0 Å². The molecule has 3 aromatic rings. The Labute approximate surface area is 173 Å². The van der Waals surface area contributed by atoms with E-state index in [0.29, 0.717) is 16.2 Å². The fourth-order valence-corrected chi connectivity index (χ4v) is 3.57. The number of anilines is 1. The van der Waals surface area contributed by atoms with E-state index >= 15 is 0 Å². The smallest absolute Gasteiger partial charge is 0.294 e. The van der Waals surface area contributed by atoms with Gasteiger partial charge >= 0.3 is 0 Å². The molecule has 0 unspecified atom stereocenters. The largest absolute Gasteiger partial charge is 0.352 e. The Bertz CT molecular complexity index is 1090. The average Bonchev–Trinajstić information content (AvgIpc) is 2.73. The Balaban J connectivity index is 1.65. The third-order valence-electron chi connectivity index (χ3n) is 5.10. The number of halogens is 1. The second-order valence-corrected chi connectivity index (χ2v) is 7.65. The molecule has 0 bridgehead atoms. The number of aromatic nitrogens is 2. The van der Waals surface area contributed by atoms with Gasteiger partial charge in [-0.15, -0.1) is 9.89 Å². The standard InChI is InChI=1S/C21H22ClN5O2/c1-25-10-12-26(13-11-25)20-17-4-2-3-5-18(17)21(29)27(24-20)23-19(28)14-15-6-8-16(22)9-7-15/h2-9H,10-14H2,1H3,(H,23,28). The fraction of sp³-hybridized carbons (Fsp3) is 0.286. The van der Waals surface area contributed by atoms with Crippen molar-refractivity contribution in [1.82, 2.24) is 14.8 Å². The third-order valence-corrected chi connectivity index (χ3v) is 5.35. The molecule has 1 aliphatic heterocycles. The Morgan fingerprint density at radius 1 is 1.03 bits per heavy atom. The van der Waals surface area contributed by atoms with Crippen molar-refractivity contribution >= 4 is 34.1 Å². The van der Waals surface area contributed by atoms with Gasteiger partial charge in [0.15, 0.2) is 5.82 Å². The van der Waals surface area contributed by atoms with Crippen LogP contribution in [0.15, 0.2) is 53.3 Å². The van der Waals surface area contributed by atoms with Gasteiger partial charge < -0.3 is 9.80 Å². The lowest BCUT2D eigenvalue weighted by Gasteiger charge is -2.33. The molecule has 2 heterocycles. The van der Waals surface area contributed by atoms with E-state index in [1.54, 1.807) is 30.3 Å². The van der Waals surface area contributed by atoms with Crippen LogP contribution in [0.1, 0.15) is 5.56 Å². The second-order valence-electron chi connectivity index (χ2n) is 7.21. The molecule has 1 amide bonds. The number of nitrogens with zero attached hydrogens (tertiary/aromatic N) is 4. The van der Waals surface area contributed by atoms with Crippen LogP contribution >= 0.6 is 11.6 Å². The van der Waals surface area contributed by atoms with Crippen molar-refractivity contribution in [2.45, 2.75) is 6.42 Å². The summed E-state index contributed by atoms with van der Waals surface area (Å²) in [5, 5.41) is 6.44. The van der Waals surface area contributed by atoms with Crippen molar-refractivity contribution in [3.05, 3.63) is 69.5 Å². The summed E-state index contributed by atoms with van der Waals surface area (Å²) in [6.45, 7) is 3.45. The van der Waals surface area contributed by atoms with Crippen LogP contribution < -0.4 is 15.9 Å². The summed E-state index contributed by atoms with van der Waals surface area (Å²) in [4.78, 5) is 30.9. The van der Waals surface area contributed by atoms with Gasteiger partial charge in [0.05, 0.1) is 11.8 Å². The SMILES string of the molecule is CN1CCN(c2nn(NC(=O)Cc3ccc(Cl)cc3)c(=O)c3ccccc23)CC1. The molecule has 1 aliphatic rings. The number of likely N-dealkylation sites (N-methyl/N-ethyl adjacent to an activating group) is 1. The molecule has 7 nitrogen and oxygen atoms in total. The highest BCUT2D eigenvalue weighted by molar-refractivity contribution is 6.30. The summed E-state index contributed by atoms with van der Waals surface area (Å²) >= 11 is 5.89. The van der Waals surface area contributed by atoms with Crippen molar-refractivity contribution in [2.24, 2.45) is 0 Å². The van der Waals surface area contributed by atoms with Gasteiger partial charge in [-0.1, -0.05) is 41.9 Å². The second kappa shape index (κ2) is 8.23. The number of rotatable bonds is 4. The molecule has 1 saturated heterocycles. The molecular formula is C21H22ClN5O2. The molecule has 0 radical (unpaired) electrons. The lowest BCUT2D eigenvalue weighted by atomic mass is 10.1. The molecule has 0 atom stereocenters. The van der Waals surface area contributed by atoms with Crippen molar-refractivity contribution in [3.63, 3.8) is 0 Å². The molecule has 1 fully saturated rings. The molecule has 4 rings (SSSR count). The van der Waals surface area contributed by atoms with Crippen LogP contribution in [0, 0.1) is 0 Å². The van der Waals surface area contributed by atoms with Gasteiger partial charge in [0.1, 0.15) is 0 Å². The van der Waals surface area contributed by atoms with Crippen LogP contribution in [0.5, 0.6) is 0 Å². The predicted octanol–water partition coefficient (Wildman–Crippen LogP) is 2.11. The maximum atomic E-state index is 12.9. The highest BCUT2D eigenvalue weighted by atomic mass is 35.5. The topological polar surface area (TPSA) is 70.5 Å². The van der Waals surface area contributed by atoms with Crippen LogP contribution in [0.25, 0.3) is 10.8 Å². The zero-order valence-electron chi connectivity index (χ0n) is 16.1. The molecule has 0 aliphatic carbocycles. The van der Waals surface area contributed by atoms with Gasteiger partial charge in [0.25, 0.3) is 5.56 Å². The molecule has 1 aromatic heterocycles. The molecule has 0 spiro atoms. The third kappa shape index (κ3) is 4.26. The molecule has 1 N–H and O–H groups in total. The van der Waals surface area contributed by atoms with Crippen LogP contribution in [-0.2, 0) is 11.2 Å².